The van der Waals surface area contributed by atoms with Gasteiger partial charge in [-0.2, -0.15) is 5.10 Å². The lowest BCUT2D eigenvalue weighted by Crippen LogP contribution is -2.51. The molecule has 1 aliphatic heterocycles. The standard InChI is InChI=1S/C19H22N4O6/c1-11-13(12(2)23(3)22-11)8-18(25)28-10-17(24)20-21-19(26)16-9-27-14-6-4-5-7-15(14)29-16/h4-7,16H,8-10H2,1-3H3,(H,20,24)(H,21,26). The Morgan fingerprint density at radius 3 is 2.62 bits per heavy atom. The van der Waals surface area contributed by atoms with Crippen LogP contribution >= 0.6 is 0 Å². The topological polar surface area (TPSA) is 121 Å². The van der Waals surface area contributed by atoms with Crippen molar-refractivity contribution in [3.63, 3.8) is 0 Å². The number of nitrogens with one attached hydrogen (secondary N) is 2. The molecule has 2 amide bonds. The molecule has 0 saturated carbocycles. The number of hydrazine groups is 1. The van der Waals surface area contributed by atoms with E-state index in [-0.39, 0.29) is 13.0 Å². The third-order valence-electron chi connectivity index (χ3n) is 4.47. The molecule has 154 valence electrons. The summed E-state index contributed by atoms with van der Waals surface area (Å²) in [6.45, 7) is 3.13. The van der Waals surface area contributed by atoms with Crippen molar-refractivity contribution in [2.24, 2.45) is 7.05 Å². The number of ether oxygens (including phenoxy) is 3. The van der Waals surface area contributed by atoms with E-state index in [1.165, 1.54) is 0 Å². The summed E-state index contributed by atoms with van der Waals surface area (Å²) in [4.78, 5) is 35.9. The van der Waals surface area contributed by atoms with E-state index in [9.17, 15) is 14.4 Å². The molecule has 3 rings (SSSR count). The largest absolute Gasteiger partial charge is 0.485 e. The Kier molecular flexibility index (Phi) is 6.01. The van der Waals surface area contributed by atoms with E-state index in [1.54, 1.807) is 42.9 Å². The van der Waals surface area contributed by atoms with Crippen LogP contribution in [0.1, 0.15) is 17.0 Å². The summed E-state index contributed by atoms with van der Waals surface area (Å²) >= 11 is 0. The monoisotopic (exact) mass is 402 g/mol. The number of aromatic nitrogens is 2. The summed E-state index contributed by atoms with van der Waals surface area (Å²) in [6, 6.07) is 6.96. The molecule has 1 aromatic carbocycles. The number of hydrogen-bond acceptors (Lipinski definition) is 7. The third kappa shape index (κ3) is 4.84. The third-order valence-corrected chi connectivity index (χ3v) is 4.47. The van der Waals surface area contributed by atoms with Gasteiger partial charge in [0.15, 0.2) is 18.1 Å². The molecule has 1 atom stereocenters. The number of carbonyl (C=O) groups is 3. The van der Waals surface area contributed by atoms with Crippen molar-refractivity contribution in [2.75, 3.05) is 13.2 Å². The zero-order chi connectivity index (χ0) is 21.0. The Morgan fingerprint density at radius 2 is 1.93 bits per heavy atom. The fourth-order valence-corrected chi connectivity index (χ4v) is 2.81. The summed E-state index contributed by atoms with van der Waals surface area (Å²) in [6.07, 6.45) is -0.901. The van der Waals surface area contributed by atoms with Gasteiger partial charge in [0.25, 0.3) is 11.8 Å². The molecule has 0 bridgehead atoms. The van der Waals surface area contributed by atoms with E-state index in [2.05, 4.69) is 16.0 Å². The number of esters is 1. The van der Waals surface area contributed by atoms with Gasteiger partial charge in [0.1, 0.15) is 6.61 Å². The Labute approximate surface area is 167 Å². The van der Waals surface area contributed by atoms with Gasteiger partial charge in [-0.3, -0.25) is 29.9 Å². The van der Waals surface area contributed by atoms with Crippen LogP contribution in [0.2, 0.25) is 0 Å². The maximum absolute atomic E-state index is 12.1. The van der Waals surface area contributed by atoms with Crippen LogP contribution in [-0.2, 0) is 32.6 Å². The first kappa shape index (κ1) is 20.2. The van der Waals surface area contributed by atoms with Crippen molar-refractivity contribution >= 4 is 17.8 Å². The van der Waals surface area contributed by atoms with Crippen molar-refractivity contribution in [2.45, 2.75) is 26.4 Å². The molecular weight excluding hydrogens is 380 g/mol. The van der Waals surface area contributed by atoms with Gasteiger partial charge < -0.3 is 14.2 Å². The highest BCUT2D eigenvalue weighted by atomic mass is 16.6. The molecule has 1 aliphatic rings. The minimum atomic E-state index is -0.913. The van der Waals surface area contributed by atoms with Crippen LogP contribution in [0.15, 0.2) is 24.3 Å². The van der Waals surface area contributed by atoms with Crippen LogP contribution in [0, 0.1) is 13.8 Å². The number of amides is 2. The number of hydrogen-bond donors (Lipinski definition) is 2. The van der Waals surface area contributed by atoms with Crippen LogP contribution < -0.4 is 20.3 Å². The number of carbonyl (C=O) groups excluding carboxylic acids is 3. The van der Waals surface area contributed by atoms with Gasteiger partial charge >= 0.3 is 5.97 Å². The van der Waals surface area contributed by atoms with E-state index in [0.717, 1.165) is 17.0 Å². The van der Waals surface area contributed by atoms with Crippen LogP contribution in [0.3, 0.4) is 0 Å². The summed E-state index contributed by atoms with van der Waals surface area (Å²) in [7, 11) is 1.78. The van der Waals surface area contributed by atoms with E-state index in [1.807, 2.05) is 6.92 Å². The van der Waals surface area contributed by atoms with Crippen molar-refractivity contribution in [1.82, 2.24) is 20.6 Å². The molecule has 29 heavy (non-hydrogen) atoms. The van der Waals surface area contributed by atoms with Crippen molar-refractivity contribution < 1.29 is 28.6 Å². The van der Waals surface area contributed by atoms with Gasteiger partial charge in [0, 0.05) is 18.3 Å². The minimum Gasteiger partial charge on any atom is -0.485 e. The van der Waals surface area contributed by atoms with Crippen molar-refractivity contribution in [3.05, 3.63) is 41.2 Å². The number of fused-ring (bicyclic) bond motifs is 1. The van der Waals surface area contributed by atoms with E-state index in [4.69, 9.17) is 14.2 Å². The average molecular weight is 402 g/mol. The molecule has 10 heteroatoms. The highest BCUT2D eigenvalue weighted by Crippen LogP contribution is 2.30. The lowest BCUT2D eigenvalue weighted by molar-refractivity contribution is -0.148. The number of nitrogens with zero attached hydrogens (tertiary/aromatic N) is 2. The maximum Gasteiger partial charge on any atom is 0.310 e. The quantitative estimate of drug-likeness (QED) is 0.538. The Hall–Kier alpha value is -3.56. The second-order valence-corrected chi connectivity index (χ2v) is 6.51. The van der Waals surface area contributed by atoms with Crippen LogP contribution in [0.25, 0.3) is 0 Å². The fraction of sp³-hybridized carbons (Fsp3) is 0.368. The van der Waals surface area contributed by atoms with Crippen LogP contribution in [-0.4, -0.2) is 46.9 Å². The molecule has 0 aliphatic carbocycles. The van der Waals surface area contributed by atoms with Crippen molar-refractivity contribution in [3.8, 4) is 11.5 Å². The zero-order valence-electron chi connectivity index (χ0n) is 16.4. The Bertz CT molecular complexity index is 939. The fourth-order valence-electron chi connectivity index (χ4n) is 2.81. The number of rotatable bonds is 5. The summed E-state index contributed by atoms with van der Waals surface area (Å²) in [5.41, 5.74) is 6.76. The second-order valence-electron chi connectivity index (χ2n) is 6.51. The average Bonchev–Trinajstić information content (AvgIpc) is 2.96. The Balaban J connectivity index is 1.41. The lowest BCUT2D eigenvalue weighted by atomic mass is 10.1. The first-order chi connectivity index (χ1) is 13.8. The van der Waals surface area contributed by atoms with Crippen LogP contribution in [0.4, 0.5) is 0 Å². The first-order valence-corrected chi connectivity index (χ1v) is 8.97. The first-order valence-electron chi connectivity index (χ1n) is 8.97. The van der Waals surface area contributed by atoms with Gasteiger partial charge in [-0.25, -0.2) is 0 Å². The summed E-state index contributed by atoms with van der Waals surface area (Å²) < 4.78 is 17.6. The van der Waals surface area contributed by atoms with Gasteiger partial charge in [0.2, 0.25) is 6.10 Å². The van der Waals surface area contributed by atoms with Crippen molar-refractivity contribution in [1.29, 1.82) is 0 Å². The predicted octanol–water partition coefficient (Wildman–Crippen LogP) is 0.110. The zero-order valence-corrected chi connectivity index (χ0v) is 16.4. The number of aryl methyl sites for hydroxylation is 2. The molecule has 10 nitrogen and oxygen atoms in total. The smallest absolute Gasteiger partial charge is 0.310 e. The minimum absolute atomic E-state index is 0.0114. The molecule has 0 radical (unpaired) electrons. The molecule has 1 unspecified atom stereocenters. The molecule has 0 fully saturated rings. The number of benzene rings is 1. The normalized spacial score (nSPS) is 14.8. The van der Waals surface area contributed by atoms with Crippen LogP contribution in [0.5, 0.6) is 11.5 Å². The molecular formula is C19H22N4O6. The van der Waals surface area contributed by atoms with Gasteiger partial charge in [-0.15, -0.1) is 0 Å². The number of para-hydroxylation sites is 2. The maximum atomic E-state index is 12.1. The molecule has 2 heterocycles. The van der Waals surface area contributed by atoms with E-state index in [0.29, 0.717) is 11.5 Å². The lowest BCUT2D eigenvalue weighted by Gasteiger charge is -2.25. The molecule has 1 aromatic heterocycles. The second kappa shape index (κ2) is 8.63. The Morgan fingerprint density at radius 1 is 1.21 bits per heavy atom. The highest BCUT2D eigenvalue weighted by molar-refractivity contribution is 5.86. The van der Waals surface area contributed by atoms with Gasteiger partial charge in [-0.1, -0.05) is 12.1 Å². The van der Waals surface area contributed by atoms with Gasteiger partial charge in [0.05, 0.1) is 12.1 Å². The SMILES string of the molecule is Cc1nn(C)c(C)c1CC(=O)OCC(=O)NNC(=O)C1COc2ccccc2O1. The molecule has 0 saturated heterocycles. The summed E-state index contributed by atoms with van der Waals surface area (Å²) in [5.74, 6) is -0.831. The molecule has 2 aromatic rings. The van der Waals surface area contributed by atoms with Gasteiger partial charge in [-0.05, 0) is 26.0 Å². The highest BCUT2D eigenvalue weighted by Gasteiger charge is 2.27. The summed E-state index contributed by atoms with van der Waals surface area (Å²) in [5, 5.41) is 4.23. The predicted molar refractivity (Wildman–Crippen MR) is 100.0 cm³/mol. The van der Waals surface area contributed by atoms with E-state index >= 15 is 0 Å². The molecule has 2 N–H and O–H groups in total. The van der Waals surface area contributed by atoms with E-state index < -0.39 is 30.5 Å². The molecule has 0 spiro atoms.